The van der Waals surface area contributed by atoms with Crippen LogP contribution in [-0.2, 0) is 9.59 Å². The number of rotatable bonds is 2. The van der Waals surface area contributed by atoms with E-state index in [1.807, 2.05) is 24.3 Å². The van der Waals surface area contributed by atoms with Gasteiger partial charge in [-0.25, -0.2) is 20.4 Å². The zero-order valence-corrected chi connectivity index (χ0v) is 8.94. The highest BCUT2D eigenvalue weighted by Crippen LogP contribution is 2.15. The van der Waals surface area contributed by atoms with Gasteiger partial charge in [0.1, 0.15) is 11.5 Å². The predicted octanol–water partition coefficient (Wildman–Crippen LogP) is 1.51. The Kier molecular flexibility index (Phi) is 12.6. The van der Waals surface area contributed by atoms with E-state index in [4.69, 9.17) is 29.9 Å². The van der Waals surface area contributed by atoms with Gasteiger partial charge in [0.15, 0.2) is 0 Å². The molecule has 0 amide bonds. The molecular weight excluding hydrogens is 212 g/mol. The normalized spacial score (nSPS) is 6.62. The van der Waals surface area contributed by atoms with Gasteiger partial charge >= 0.3 is 0 Å². The summed E-state index contributed by atoms with van der Waals surface area (Å²) in [6.45, 7) is 0. The van der Waals surface area contributed by atoms with Crippen molar-refractivity contribution in [2.24, 2.45) is 0 Å². The first-order valence-electron chi connectivity index (χ1n) is 3.95. The van der Waals surface area contributed by atoms with Crippen LogP contribution in [-0.4, -0.2) is 26.4 Å². The van der Waals surface area contributed by atoms with E-state index in [2.05, 4.69) is 0 Å². The van der Waals surface area contributed by atoms with Crippen LogP contribution in [0.5, 0.6) is 11.5 Å². The molecule has 0 spiro atoms. The number of isocyanates is 2. The van der Waals surface area contributed by atoms with Crippen molar-refractivity contribution in [3.8, 4) is 11.5 Å². The summed E-state index contributed by atoms with van der Waals surface area (Å²) in [5, 5.41) is 10.8. The quantitative estimate of drug-likeness (QED) is 0.587. The van der Waals surface area contributed by atoms with Crippen molar-refractivity contribution in [1.82, 2.24) is 0 Å². The van der Waals surface area contributed by atoms with Crippen LogP contribution < -0.4 is 9.47 Å². The van der Waals surface area contributed by atoms with Crippen LogP contribution in [0.1, 0.15) is 0 Å². The fraction of sp³-hybridized carbons (Fsp3) is 0.200. The number of hydrogen-bond donors (Lipinski definition) is 2. The van der Waals surface area contributed by atoms with Crippen molar-refractivity contribution in [1.29, 1.82) is 10.8 Å². The van der Waals surface area contributed by atoms with Crippen LogP contribution in [0.2, 0.25) is 0 Å². The first-order chi connectivity index (χ1) is 7.69. The molecule has 0 bridgehead atoms. The maximum Gasteiger partial charge on any atom is 0.231 e. The topological polar surface area (TPSA) is 100 Å². The number of methoxy groups -OCH3 is 2. The van der Waals surface area contributed by atoms with Crippen molar-refractivity contribution >= 4 is 12.2 Å². The zero-order chi connectivity index (χ0) is 12.8. The van der Waals surface area contributed by atoms with Gasteiger partial charge in [-0.2, -0.15) is 0 Å². The standard InChI is InChI=1S/C8H10O2.2CHNO/c1-9-7-3-5-8(10-2)6-4-7;2*2-1-3/h3-6H,1-2H3;2*2H. The van der Waals surface area contributed by atoms with Crippen molar-refractivity contribution < 1.29 is 19.1 Å². The molecule has 0 fully saturated rings. The van der Waals surface area contributed by atoms with E-state index < -0.39 is 0 Å². The Bertz CT molecular complexity index is 301. The molecule has 0 unspecified atom stereocenters. The Morgan fingerprint density at radius 1 is 0.875 bits per heavy atom. The largest absolute Gasteiger partial charge is 0.497 e. The molecule has 0 aliphatic rings. The summed E-state index contributed by atoms with van der Waals surface area (Å²) in [5.74, 6) is 1.70. The molecule has 1 aromatic rings. The van der Waals surface area contributed by atoms with E-state index >= 15 is 0 Å². The highest BCUT2D eigenvalue weighted by molar-refractivity contribution is 5.30. The average molecular weight is 224 g/mol. The molecule has 0 radical (unpaired) electrons. The monoisotopic (exact) mass is 224 g/mol. The van der Waals surface area contributed by atoms with Gasteiger partial charge in [0, 0.05) is 0 Å². The van der Waals surface area contributed by atoms with Crippen molar-refractivity contribution in [3.63, 3.8) is 0 Å². The lowest BCUT2D eigenvalue weighted by Gasteiger charge is -2.00. The summed E-state index contributed by atoms with van der Waals surface area (Å²) in [6.07, 6.45) is 1.50. The number of benzene rings is 1. The van der Waals surface area contributed by atoms with Gasteiger partial charge in [-0.15, -0.1) is 0 Å². The Balaban J connectivity index is 0. The summed E-state index contributed by atoms with van der Waals surface area (Å²) < 4.78 is 9.92. The summed E-state index contributed by atoms with van der Waals surface area (Å²) in [4.78, 5) is 16.7. The van der Waals surface area contributed by atoms with Gasteiger partial charge in [-0.05, 0) is 24.3 Å². The Morgan fingerprint density at radius 2 is 1.06 bits per heavy atom. The molecule has 6 nitrogen and oxygen atoms in total. The summed E-state index contributed by atoms with van der Waals surface area (Å²) >= 11 is 0. The molecule has 0 aliphatic heterocycles. The molecule has 6 heteroatoms. The third-order valence-corrected chi connectivity index (χ3v) is 1.30. The fourth-order valence-corrected chi connectivity index (χ4v) is 0.712. The minimum absolute atomic E-state index is 0.750. The molecule has 16 heavy (non-hydrogen) atoms. The second-order valence-corrected chi connectivity index (χ2v) is 2.08. The molecule has 1 aromatic carbocycles. The number of ether oxygens (including phenoxy) is 2. The van der Waals surface area contributed by atoms with E-state index in [1.165, 1.54) is 0 Å². The van der Waals surface area contributed by atoms with Gasteiger partial charge < -0.3 is 9.47 Å². The Hall–Kier alpha value is -2.42. The van der Waals surface area contributed by atoms with Crippen LogP contribution in [0.4, 0.5) is 0 Å². The fourth-order valence-electron chi connectivity index (χ4n) is 0.712. The molecule has 0 aromatic heterocycles. The van der Waals surface area contributed by atoms with Gasteiger partial charge in [0.2, 0.25) is 12.2 Å². The molecule has 0 aliphatic carbocycles. The van der Waals surface area contributed by atoms with Crippen LogP contribution in [0.15, 0.2) is 24.3 Å². The van der Waals surface area contributed by atoms with Crippen LogP contribution in [0, 0.1) is 10.8 Å². The second kappa shape index (κ2) is 12.6. The smallest absolute Gasteiger partial charge is 0.231 e. The lowest BCUT2D eigenvalue weighted by atomic mass is 10.3. The maximum atomic E-state index is 8.35. The van der Waals surface area contributed by atoms with Crippen LogP contribution >= 0.6 is 0 Å². The van der Waals surface area contributed by atoms with Crippen molar-refractivity contribution in [2.45, 2.75) is 0 Å². The third kappa shape index (κ3) is 9.67. The predicted molar refractivity (Wildman–Crippen MR) is 56.4 cm³/mol. The molecule has 0 saturated carbocycles. The second-order valence-electron chi connectivity index (χ2n) is 2.08. The maximum absolute atomic E-state index is 8.35. The van der Waals surface area contributed by atoms with Gasteiger partial charge in [0.25, 0.3) is 0 Å². The van der Waals surface area contributed by atoms with Gasteiger partial charge in [0.05, 0.1) is 14.2 Å². The number of hydrogen-bond acceptors (Lipinski definition) is 6. The van der Waals surface area contributed by atoms with E-state index in [0.29, 0.717) is 0 Å². The minimum atomic E-state index is 0.750. The van der Waals surface area contributed by atoms with Crippen molar-refractivity contribution in [3.05, 3.63) is 24.3 Å². The molecule has 0 heterocycles. The van der Waals surface area contributed by atoms with Crippen LogP contribution in [0.25, 0.3) is 0 Å². The first kappa shape index (κ1) is 16.0. The molecular formula is C10H12N2O4. The van der Waals surface area contributed by atoms with Crippen molar-refractivity contribution in [2.75, 3.05) is 14.2 Å². The molecule has 2 N–H and O–H groups in total. The molecule has 86 valence electrons. The molecule has 0 saturated heterocycles. The van der Waals surface area contributed by atoms with Crippen LogP contribution in [0.3, 0.4) is 0 Å². The number of nitrogens with one attached hydrogen (secondary N) is 2. The van der Waals surface area contributed by atoms with Gasteiger partial charge in [-0.1, -0.05) is 0 Å². The van der Waals surface area contributed by atoms with Gasteiger partial charge in [-0.3, -0.25) is 0 Å². The summed E-state index contributed by atoms with van der Waals surface area (Å²) in [6, 6.07) is 7.44. The molecule has 1 rings (SSSR count). The highest BCUT2D eigenvalue weighted by atomic mass is 16.5. The lowest BCUT2D eigenvalue weighted by Crippen LogP contribution is -1.83. The molecule has 0 atom stereocenters. The van der Waals surface area contributed by atoms with E-state index in [9.17, 15) is 0 Å². The SMILES string of the molecule is COc1ccc(OC)cc1.N=C=O.N=C=O. The van der Waals surface area contributed by atoms with E-state index in [-0.39, 0.29) is 0 Å². The lowest BCUT2D eigenvalue weighted by molar-refractivity contribution is 0.403. The summed E-state index contributed by atoms with van der Waals surface area (Å²) in [7, 11) is 3.28. The summed E-state index contributed by atoms with van der Waals surface area (Å²) in [5.41, 5.74) is 0. The van der Waals surface area contributed by atoms with E-state index in [0.717, 1.165) is 23.7 Å². The first-order valence-corrected chi connectivity index (χ1v) is 3.95. The Labute approximate surface area is 92.8 Å². The average Bonchev–Trinajstić information content (AvgIpc) is 2.31. The highest BCUT2D eigenvalue weighted by Gasteiger charge is 1.89. The zero-order valence-electron chi connectivity index (χ0n) is 8.94. The Morgan fingerprint density at radius 3 is 1.19 bits per heavy atom. The third-order valence-electron chi connectivity index (χ3n) is 1.30. The van der Waals surface area contributed by atoms with E-state index in [1.54, 1.807) is 14.2 Å². The number of carbonyl (C=O) groups excluding carboxylic acids is 2. The minimum Gasteiger partial charge on any atom is -0.497 e.